The van der Waals surface area contributed by atoms with Gasteiger partial charge in [-0.2, -0.15) is 0 Å². The van der Waals surface area contributed by atoms with Crippen LogP contribution in [0.1, 0.15) is 62.3 Å². The van der Waals surface area contributed by atoms with Crippen molar-refractivity contribution in [2.75, 3.05) is 59.6 Å². The predicted molar refractivity (Wildman–Crippen MR) is 219 cm³/mol. The lowest BCUT2D eigenvalue weighted by molar-refractivity contribution is -0.180. The maximum Gasteiger partial charge on any atom is 0.410 e. The Bertz CT molecular complexity index is 1570. The third-order valence-corrected chi connectivity index (χ3v) is 14.6. The van der Waals surface area contributed by atoms with E-state index in [9.17, 15) is 13.2 Å². The molecule has 1 amide bonds. The lowest BCUT2D eigenvalue weighted by Gasteiger charge is -2.32. The second kappa shape index (κ2) is 20.9. The number of sulfonamides is 1. The summed E-state index contributed by atoms with van der Waals surface area (Å²) in [5.74, 6) is 0.163. The third-order valence-electron chi connectivity index (χ3n) is 9.41. The highest BCUT2D eigenvalue weighted by Crippen LogP contribution is 2.35. The lowest BCUT2D eigenvalue weighted by Crippen LogP contribution is -2.36. The molecule has 310 valence electrons. The molecular formula is C40H66N2O10SSi2. The predicted octanol–water partition coefficient (Wildman–Crippen LogP) is 8.23. The monoisotopic (exact) mass is 822 g/mol. The molecule has 4 rings (SSSR count). The number of hydrogen-bond acceptors (Lipinski definition) is 10. The minimum absolute atomic E-state index is 0.0382. The Labute approximate surface area is 332 Å². The first-order chi connectivity index (χ1) is 25.9. The Morgan fingerprint density at radius 3 is 2.09 bits per heavy atom. The van der Waals surface area contributed by atoms with Gasteiger partial charge in [-0.1, -0.05) is 70.3 Å². The summed E-state index contributed by atoms with van der Waals surface area (Å²) in [6.45, 7) is 22.0. The van der Waals surface area contributed by atoms with Gasteiger partial charge in [-0.05, 0) is 60.3 Å². The van der Waals surface area contributed by atoms with Crippen molar-refractivity contribution in [2.45, 2.75) is 121 Å². The van der Waals surface area contributed by atoms with Crippen LogP contribution in [0.15, 0.2) is 47.4 Å². The molecule has 2 aliphatic rings. The molecule has 0 bridgehead atoms. The van der Waals surface area contributed by atoms with E-state index in [0.717, 1.165) is 60.2 Å². The van der Waals surface area contributed by atoms with Gasteiger partial charge in [-0.15, -0.1) is 4.31 Å². The summed E-state index contributed by atoms with van der Waals surface area (Å²) in [6, 6.07) is 14.6. The number of unbranched alkanes of at least 4 members (excludes halogenated alkanes) is 3. The molecule has 0 spiro atoms. The van der Waals surface area contributed by atoms with Crippen LogP contribution in [0.3, 0.4) is 0 Å². The van der Waals surface area contributed by atoms with Crippen LogP contribution in [0.2, 0.25) is 51.4 Å². The molecular weight excluding hydrogens is 757 g/mol. The van der Waals surface area contributed by atoms with Gasteiger partial charge in [0.15, 0.2) is 0 Å². The van der Waals surface area contributed by atoms with Crippen LogP contribution in [0.25, 0.3) is 0 Å². The number of carbonyl (C=O) groups is 1. The number of hydrogen-bond donors (Lipinski definition) is 0. The normalized spacial score (nSPS) is 17.4. The van der Waals surface area contributed by atoms with E-state index >= 15 is 0 Å². The van der Waals surface area contributed by atoms with E-state index in [-0.39, 0.29) is 30.6 Å². The summed E-state index contributed by atoms with van der Waals surface area (Å²) < 4.78 is 68.9. The van der Waals surface area contributed by atoms with Gasteiger partial charge in [-0.25, -0.2) is 13.2 Å². The zero-order valence-corrected chi connectivity index (χ0v) is 37.3. The molecule has 0 aliphatic carbocycles. The minimum Gasteiger partial charge on any atom is -0.463 e. The molecule has 12 nitrogen and oxygen atoms in total. The van der Waals surface area contributed by atoms with Crippen molar-refractivity contribution in [2.24, 2.45) is 0 Å². The molecule has 2 heterocycles. The first kappa shape index (κ1) is 45.4. The van der Waals surface area contributed by atoms with Gasteiger partial charge in [-0.3, -0.25) is 0 Å². The molecule has 1 saturated heterocycles. The van der Waals surface area contributed by atoms with Gasteiger partial charge in [0, 0.05) is 61.9 Å². The van der Waals surface area contributed by atoms with Gasteiger partial charge in [0.05, 0.1) is 37.9 Å². The molecule has 15 heteroatoms. The molecule has 1 fully saturated rings. The van der Waals surface area contributed by atoms with E-state index in [1.54, 1.807) is 29.2 Å². The molecule has 0 aromatic heterocycles. The summed E-state index contributed by atoms with van der Waals surface area (Å²) >= 11 is 0. The zero-order chi connectivity index (χ0) is 40.1. The molecule has 0 radical (unpaired) electrons. The highest BCUT2D eigenvalue weighted by atomic mass is 32.2. The summed E-state index contributed by atoms with van der Waals surface area (Å²) in [5, 5.41) is 0. The topological polar surface area (TPSA) is 122 Å². The van der Waals surface area contributed by atoms with Crippen molar-refractivity contribution in [3.63, 3.8) is 0 Å². The van der Waals surface area contributed by atoms with Gasteiger partial charge >= 0.3 is 6.09 Å². The molecule has 1 atom stereocenters. The number of carbonyl (C=O) groups excluding carboxylic acids is 1. The first-order valence-electron chi connectivity index (χ1n) is 19.7. The maximum absolute atomic E-state index is 13.6. The van der Waals surface area contributed by atoms with Gasteiger partial charge in [0.1, 0.15) is 25.3 Å². The second-order valence-electron chi connectivity index (χ2n) is 17.4. The standard InChI is InChI=1S/C40H66N2O10SSi2/c1-40(2)50-30-35-27-34(15-18-37(35)52-40)38-28-41(39(43)51-38)19-11-9-10-12-20-46-21-22-47-29-33-13-16-36(17-14-33)53(44,45)42(31-48-23-25-54(3,4)5)32-49-24-26-55(6,7)8/h13-18,27,38H,9-12,19-26,28-32H2,1-8H3/t38-/m0/s1. The van der Waals surface area contributed by atoms with Crippen LogP contribution in [0, 0.1) is 0 Å². The number of nitrogens with zero attached hydrogens (tertiary/aromatic N) is 2. The second-order valence-corrected chi connectivity index (χ2v) is 30.5. The molecule has 2 aromatic carbocycles. The molecule has 0 unspecified atom stereocenters. The fraction of sp³-hybridized carbons (Fsp3) is 0.675. The summed E-state index contributed by atoms with van der Waals surface area (Å²) in [4.78, 5) is 14.5. The summed E-state index contributed by atoms with van der Waals surface area (Å²) in [7, 11) is -6.41. The van der Waals surface area contributed by atoms with E-state index in [4.69, 9.17) is 33.2 Å². The highest BCUT2D eigenvalue weighted by Gasteiger charge is 2.34. The van der Waals surface area contributed by atoms with Crippen molar-refractivity contribution < 1.29 is 46.4 Å². The number of benzene rings is 2. The van der Waals surface area contributed by atoms with Crippen LogP contribution in [0.5, 0.6) is 5.75 Å². The summed E-state index contributed by atoms with van der Waals surface area (Å²) in [6.07, 6.45) is 3.29. The fourth-order valence-electron chi connectivity index (χ4n) is 5.86. The Morgan fingerprint density at radius 2 is 1.44 bits per heavy atom. The van der Waals surface area contributed by atoms with Crippen molar-refractivity contribution in [3.05, 3.63) is 59.2 Å². The molecule has 2 aliphatic heterocycles. The quantitative estimate of drug-likeness (QED) is 0.0550. The number of amides is 1. The van der Waals surface area contributed by atoms with Gasteiger partial charge < -0.3 is 38.1 Å². The van der Waals surface area contributed by atoms with E-state index < -0.39 is 32.0 Å². The number of rotatable bonds is 25. The molecule has 0 saturated carbocycles. The zero-order valence-electron chi connectivity index (χ0n) is 34.5. The van der Waals surface area contributed by atoms with Crippen LogP contribution in [-0.2, 0) is 51.7 Å². The smallest absolute Gasteiger partial charge is 0.410 e. The highest BCUT2D eigenvalue weighted by molar-refractivity contribution is 7.89. The van der Waals surface area contributed by atoms with Crippen LogP contribution in [0.4, 0.5) is 4.79 Å². The van der Waals surface area contributed by atoms with Crippen molar-refractivity contribution in [1.29, 1.82) is 0 Å². The lowest BCUT2D eigenvalue weighted by atomic mass is 10.0. The minimum atomic E-state index is -3.80. The number of fused-ring (bicyclic) bond motifs is 1. The molecule has 0 N–H and O–H groups in total. The fourth-order valence-corrected chi connectivity index (χ4v) is 8.58. The van der Waals surface area contributed by atoms with Gasteiger partial charge in [0.2, 0.25) is 15.8 Å². The summed E-state index contributed by atoms with van der Waals surface area (Å²) in [5.41, 5.74) is 2.80. The SMILES string of the molecule is CC1(C)OCc2cc([C@@H]3CN(CCCCCCOCCOCc4ccc(S(=O)(=O)N(COCC[Si](C)(C)C)COCC[Si](C)(C)C)cc4)C(=O)O3)ccc2O1. The molecule has 55 heavy (non-hydrogen) atoms. The van der Waals surface area contributed by atoms with E-state index in [0.29, 0.717) is 59.3 Å². The van der Waals surface area contributed by atoms with Crippen molar-refractivity contribution in [3.8, 4) is 5.75 Å². The average molecular weight is 823 g/mol. The third kappa shape index (κ3) is 15.8. The van der Waals surface area contributed by atoms with E-state index in [1.165, 1.54) is 4.31 Å². The van der Waals surface area contributed by atoms with Crippen LogP contribution >= 0.6 is 0 Å². The van der Waals surface area contributed by atoms with Crippen LogP contribution < -0.4 is 4.74 Å². The first-order valence-corrected chi connectivity index (χ1v) is 28.6. The Balaban J connectivity index is 1.07. The largest absolute Gasteiger partial charge is 0.463 e. The molecule has 2 aromatic rings. The number of cyclic esters (lactones) is 1. The Kier molecular flexibility index (Phi) is 17.2. The van der Waals surface area contributed by atoms with Crippen LogP contribution in [-0.4, -0.2) is 105 Å². The average Bonchev–Trinajstić information content (AvgIpc) is 3.48. The van der Waals surface area contributed by atoms with E-state index in [1.807, 2.05) is 32.0 Å². The van der Waals surface area contributed by atoms with Crippen molar-refractivity contribution in [1.82, 2.24) is 9.21 Å². The van der Waals surface area contributed by atoms with Crippen molar-refractivity contribution >= 4 is 32.3 Å². The number of ether oxygens (including phenoxy) is 7. The Hall–Kier alpha value is -2.35. The van der Waals surface area contributed by atoms with E-state index in [2.05, 4.69) is 39.3 Å². The maximum atomic E-state index is 13.6. The Morgan fingerprint density at radius 1 is 0.800 bits per heavy atom. The van der Waals surface area contributed by atoms with Gasteiger partial charge in [0.25, 0.3) is 0 Å².